The molecule has 1 heterocycles. The Labute approximate surface area is 155 Å². The maximum Gasteiger partial charge on any atom is 0.227 e. The Morgan fingerprint density at radius 1 is 0.760 bits per heavy atom. The highest BCUT2D eigenvalue weighted by atomic mass is 79.9. The summed E-state index contributed by atoms with van der Waals surface area (Å²) in [5.74, 6) is -0.558. The van der Waals surface area contributed by atoms with Crippen LogP contribution in [0.3, 0.4) is 0 Å². The van der Waals surface area contributed by atoms with Gasteiger partial charge in [-0.25, -0.2) is 4.39 Å². The average molecular weight is 400 g/mol. The second-order valence-corrected chi connectivity index (χ2v) is 5.38. The molecular weight excluding hydrogens is 385 g/mol. The fourth-order valence-corrected chi connectivity index (χ4v) is 2.36. The van der Waals surface area contributed by atoms with Gasteiger partial charge in [-0.1, -0.05) is 30.3 Å². The SMILES string of the molecule is O=C(C[n+]1ccc(C(=O)c2ccccc2)cc1)c1ccc(F)cc1.[Br-]. The van der Waals surface area contributed by atoms with E-state index >= 15 is 0 Å². The standard InChI is InChI=1S/C20H15FNO2.BrH/c21-18-8-6-15(7-9-18)19(23)14-22-12-10-17(11-13-22)20(24)16-4-2-1-3-5-16;/h1-13H,14H2;1H/q+1;/p-1. The van der Waals surface area contributed by atoms with Crippen LogP contribution in [0.5, 0.6) is 0 Å². The van der Waals surface area contributed by atoms with Crippen LogP contribution in [0.15, 0.2) is 79.1 Å². The highest BCUT2D eigenvalue weighted by Crippen LogP contribution is 2.08. The molecule has 0 aliphatic heterocycles. The van der Waals surface area contributed by atoms with Gasteiger partial charge in [0.2, 0.25) is 12.3 Å². The van der Waals surface area contributed by atoms with E-state index in [0.29, 0.717) is 16.7 Å². The molecule has 3 rings (SSSR count). The quantitative estimate of drug-likeness (QED) is 0.455. The van der Waals surface area contributed by atoms with Gasteiger partial charge in [0.1, 0.15) is 5.82 Å². The van der Waals surface area contributed by atoms with Crippen LogP contribution in [0.4, 0.5) is 4.39 Å². The van der Waals surface area contributed by atoms with E-state index in [1.165, 1.54) is 24.3 Å². The number of hydrogen-bond acceptors (Lipinski definition) is 2. The number of ketones is 2. The predicted octanol–water partition coefficient (Wildman–Crippen LogP) is 0.231. The summed E-state index contributed by atoms with van der Waals surface area (Å²) in [7, 11) is 0. The van der Waals surface area contributed by atoms with Gasteiger partial charge in [-0.05, 0) is 24.3 Å². The number of nitrogens with zero attached hydrogens (tertiary/aromatic N) is 1. The number of Topliss-reactive ketones (excluding diaryl/α,β-unsaturated/α-hetero) is 1. The molecule has 0 radical (unpaired) electrons. The number of carbonyl (C=O) groups is 2. The maximum atomic E-state index is 12.9. The van der Waals surface area contributed by atoms with Crippen LogP contribution in [-0.2, 0) is 6.54 Å². The van der Waals surface area contributed by atoms with Crippen molar-refractivity contribution in [2.24, 2.45) is 0 Å². The summed E-state index contributed by atoms with van der Waals surface area (Å²) in [4.78, 5) is 24.5. The average Bonchev–Trinajstić information content (AvgIpc) is 2.63. The molecule has 0 atom stereocenters. The molecular formula is C20H15BrFNO2. The van der Waals surface area contributed by atoms with Gasteiger partial charge in [-0.3, -0.25) is 9.59 Å². The lowest BCUT2D eigenvalue weighted by Crippen LogP contribution is -3.00. The monoisotopic (exact) mass is 399 g/mol. The van der Waals surface area contributed by atoms with E-state index in [1.54, 1.807) is 41.2 Å². The Balaban J connectivity index is 0.00000225. The molecule has 25 heavy (non-hydrogen) atoms. The van der Waals surface area contributed by atoms with E-state index in [2.05, 4.69) is 0 Å². The Hall–Kier alpha value is -2.66. The summed E-state index contributed by atoms with van der Waals surface area (Å²) in [6, 6.07) is 17.9. The van der Waals surface area contributed by atoms with Gasteiger partial charge in [0.15, 0.2) is 18.2 Å². The Morgan fingerprint density at radius 2 is 1.32 bits per heavy atom. The molecule has 3 nitrogen and oxygen atoms in total. The van der Waals surface area contributed by atoms with Crippen LogP contribution in [0.2, 0.25) is 0 Å². The van der Waals surface area contributed by atoms with Crippen molar-refractivity contribution in [1.82, 2.24) is 0 Å². The first-order chi connectivity index (χ1) is 11.6. The van der Waals surface area contributed by atoms with Crippen molar-refractivity contribution in [2.45, 2.75) is 6.54 Å². The summed E-state index contributed by atoms with van der Waals surface area (Å²) in [6.07, 6.45) is 3.38. The minimum Gasteiger partial charge on any atom is -1.00 e. The molecule has 0 unspecified atom stereocenters. The highest BCUT2D eigenvalue weighted by molar-refractivity contribution is 6.08. The predicted molar refractivity (Wildman–Crippen MR) is 87.2 cm³/mol. The molecule has 1 aromatic heterocycles. The van der Waals surface area contributed by atoms with Crippen LogP contribution in [0.1, 0.15) is 26.3 Å². The van der Waals surface area contributed by atoms with E-state index in [9.17, 15) is 14.0 Å². The van der Waals surface area contributed by atoms with Gasteiger partial charge < -0.3 is 17.0 Å². The lowest BCUT2D eigenvalue weighted by atomic mass is 10.0. The minimum absolute atomic E-state index is 0. The molecule has 3 aromatic rings. The van der Waals surface area contributed by atoms with Crippen LogP contribution in [-0.4, -0.2) is 11.6 Å². The van der Waals surface area contributed by atoms with Crippen LogP contribution >= 0.6 is 0 Å². The zero-order chi connectivity index (χ0) is 16.9. The van der Waals surface area contributed by atoms with Crippen LogP contribution in [0.25, 0.3) is 0 Å². The molecule has 126 valence electrons. The molecule has 0 fully saturated rings. The van der Waals surface area contributed by atoms with E-state index in [4.69, 9.17) is 0 Å². The van der Waals surface area contributed by atoms with Crippen molar-refractivity contribution >= 4 is 11.6 Å². The molecule has 0 saturated heterocycles. The van der Waals surface area contributed by atoms with Gasteiger partial charge >= 0.3 is 0 Å². The highest BCUT2D eigenvalue weighted by Gasteiger charge is 2.14. The second kappa shape index (κ2) is 8.44. The van der Waals surface area contributed by atoms with Crippen molar-refractivity contribution in [2.75, 3.05) is 0 Å². The van der Waals surface area contributed by atoms with E-state index < -0.39 is 0 Å². The number of aromatic nitrogens is 1. The number of rotatable bonds is 5. The first-order valence-electron chi connectivity index (χ1n) is 7.51. The second-order valence-electron chi connectivity index (χ2n) is 5.38. The van der Waals surface area contributed by atoms with Gasteiger partial charge in [0, 0.05) is 28.8 Å². The minimum atomic E-state index is -0.372. The van der Waals surface area contributed by atoms with Gasteiger partial charge in [-0.15, -0.1) is 0 Å². The van der Waals surface area contributed by atoms with Gasteiger partial charge in [0.25, 0.3) is 0 Å². The van der Waals surface area contributed by atoms with E-state index in [1.807, 2.05) is 18.2 Å². The fraction of sp³-hybridized carbons (Fsp3) is 0.0500. The summed E-state index contributed by atoms with van der Waals surface area (Å²) in [5.41, 5.74) is 1.64. The fourth-order valence-electron chi connectivity index (χ4n) is 2.36. The van der Waals surface area contributed by atoms with Crippen molar-refractivity contribution in [3.8, 4) is 0 Å². The van der Waals surface area contributed by atoms with Gasteiger partial charge in [0.05, 0.1) is 0 Å². The van der Waals surface area contributed by atoms with Crippen LogP contribution in [0, 0.1) is 5.82 Å². The zero-order valence-corrected chi connectivity index (χ0v) is 14.8. The summed E-state index contributed by atoms with van der Waals surface area (Å²) in [6.45, 7) is 0.130. The summed E-state index contributed by atoms with van der Waals surface area (Å²) in [5, 5.41) is 0. The smallest absolute Gasteiger partial charge is 0.227 e. The Morgan fingerprint density at radius 3 is 1.92 bits per heavy atom. The summed E-state index contributed by atoms with van der Waals surface area (Å²) < 4.78 is 14.6. The van der Waals surface area contributed by atoms with E-state index in [0.717, 1.165) is 0 Å². The third kappa shape index (κ3) is 4.67. The molecule has 0 spiro atoms. The number of carbonyl (C=O) groups excluding carboxylic acids is 2. The third-order valence-corrected chi connectivity index (χ3v) is 3.68. The van der Waals surface area contributed by atoms with E-state index in [-0.39, 0.29) is 40.9 Å². The Bertz CT molecular complexity index is 862. The molecule has 0 N–H and O–H groups in total. The number of pyridine rings is 1. The largest absolute Gasteiger partial charge is 1.00 e. The topological polar surface area (TPSA) is 38.0 Å². The molecule has 0 saturated carbocycles. The molecule has 0 amide bonds. The number of hydrogen-bond donors (Lipinski definition) is 0. The molecule has 0 bridgehead atoms. The van der Waals surface area contributed by atoms with Crippen LogP contribution < -0.4 is 21.5 Å². The first kappa shape index (κ1) is 18.7. The first-order valence-corrected chi connectivity index (χ1v) is 7.51. The normalized spacial score (nSPS) is 9.96. The van der Waals surface area contributed by atoms with Crippen molar-refractivity contribution in [3.63, 3.8) is 0 Å². The molecule has 2 aromatic carbocycles. The summed E-state index contributed by atoms with van der Waals surface area (Å²) >= 11 is 0. The number of halogens is 2. The molecule has 0 aliphatic carbocycles. The Kier molecular flexibility index (Phi) is 6.31. The number of benzene rings is 2. The van der Waals surface area contributed by atoms with Crippen molar-refractivity contribution in [3.05, 3.63) is 102 Å². The lowest BCUT2D eigenvalue weighted by molar-refractivity contribution is -0.683. The molecule has 5 heteroatoms. The maximum absolute atomic E-state index is 12.9. The van der Waals surface area contributed by atoms with Gasteiger partial charge in [-0.2, -0.15) is 4.57 Å². The van der Waals surface area contributed by atoms with Crippen molar-refractivity contribution in [1.29, 1.82) is 0 Å². The molecule has 0 aliphatic rings. The van der Waals surface area contributed by atoms with Crippen molar-refractivity contribution < 1.29 is 35.5 Å². The zero-order valence-electron chi connectivity index (χ0n) is 13.2. The lowest BCUT2D eigenvalue weighted by Gasteiger charge is -2.01. The third-order valence-electron chi connectivity index (χ3n) is 3.68.